The van der Waals surface area contributed by atoms with Crippen molar-refractivity contribution in [3.05, 3.63) is 24.5 Å². The minimum atomic E-state index is 0.294. The summed E-state index contributed by atoms with van der Waals surface area (Å²) in [6.07, 6.45) is 3.39. The van der Waals surface area contributed by atoms with Gasteiger partial charge in [-0.15, -0.1) is 0 Å². The van der Waals surface area contributed by atoms with E-state index < -0.39 is 0 Å². The maximum Gasteiger partial charge on any atom is 0.321 e. The molecule has 6 nitrogen and oxygen atoms in total. The molecule has 2 aromatic heterocycles. The first-order valence-corrected chi connectivity index (χ1v) is 5.28. The first-order valence-electron chi connectivity index (χ1n) is 5.28. The molecule has 0 saturated carbocycles. The van der Waals surface area contributed by atoms with Crippen LogP contribution in [0.4, 0.5) is 5.95 Å². The summed E-state index contributed by atoms with van der Waals surface area (Å²) in [5.74, 6) is 1.07. The summed E-state index contributed by atoms with van der Waals surface area (Å²) in [5, 5.41) is 3.03. The molecule has 0 saturated heterocycles. The fraction of sp³-hybridized carbons (Fsp3) is 0.273. The zero-order valence-corrected chi connectivity index (χ0v) is 9.71. The van der Waals surface area contributed by atoms with Gasteiger partial charge < -0.3 is 10.1 Å². The van der Waals surface area contributed by atoms with Gasteiger partial charge in [-0.2, -0.15) is 15.0 Å². The highest BCUT2D eigenvalue weighted by atomic mass is 16.5. The van der Waals surface area contributed by atoms with Crippen molar-refractivity contribution in [2.24, 2.45) is 0 Å². The molecule has 0 radical (unpaired) electrons. The molecule has 0 aromatic carbocycles. The third-order valence-electron chi connectivity index (χ3n) is 2.07. The lowest BCUT2D eigenvalue weighted by Crippen LogP contribution is -2.06. The molecule has 17 heavy (non-hydrogen) atoms. The van der Waals surface area contributed by atoms with Crippen LogP contribution in [0.3, 0.4) is 0 Å². The maximum absolute atomic E-state index is 5.05. The molecular formula is C11H13N5O. The lowest BCUT2D eigenvalue weighted by molar-refractivity contribution is 0.379. The largest absolute Gasteiger partial charge is 0.467 e. The second kappa shape index (κ2) is 5.20. The molecular weight excluding hydrogens is 218 g/mol. The van der Waals surface area contributed by atoms with Crippen LogP contribution in [0.2, 0.25) is 0 Å². The number of pyridine rings is 1. The molecule has 1 N–H and O–H groups in total. The van der Waals surface area contributed by atoms with Crippen molar-refractivity contribution in [1.82, 2.24) is 19.9 Å². The van der Waals surface area contributed by atoms with Crippen LogP contribution in [-0.2, 0) is 0 Å². The number of ether oxygens (including phenoxy) is 1. The monoisotopic (exact) mass is 231 g/mol. The number of hydrogen-bond donors (Lipinski definition) is 1. The summed E-state index contributed by atoms with van der Waals surface area (Å²) in [4.78, 5) is 16.5. The van der Waals surface area contributed by atoms with E-state index in [2.05, 4.69) is 25.3 Å². The lowest BCUT2D eigenvalue weighted by atomic mass is 10.2. The number of nitrogens with one attached hydrogen (secondary N) is 1. The highest BCUT2D eigenvalue weighted by molar-refractivity contribution is 5.55. The van der Waals surface area contributed by atoms with Crippen LogP contribution >= 0.6 is 0 Å². The molecule has 0 unspecified atom stereocenters. The highest BCUT2D eigenvalue weighted by Gasteiger charge is 2.07. The Morgan fingerprint density at radius 1 is 1.18 bits per heavy atom. The van der Waals surface area contributed by atoms with Crippen LogP contribution in [-0.4, -0.2) is 33.6 Å². The van der Waals surface area contributed by atoms with Gasteiger partial charge in [-0.05, 0) is 19.1 Å². The van der Waals surface area contributed by atoms with E-state index in [1.807, 2.05) is 19.1 Å². The number of methoxy groups -OCH3 is 1. The summed E-state index contributed by atoms with van der Waals surface area (Å²) in [5.41, 5.74) is 0.875. The number of nitrogens with zero attached hydrogens (tertiary/aromatic N) is 4. The van der Waals surface area contributed by atoms with Gasteiger partial charge in [-0.25, -0.2) is 0 Å². The van der Waals surface area contributed by atoms with Crippen molar-refractivity contribution in [3.8, 4) is 17.4 Å². The van der Waals surface area contributed by atoms with Crippen molar-refractivity contribution in [1.29, 1.82) is 0 Å². The molecule has 0 aliphatic heterocycles. The van der Waals surface area contributed by atoms with Crippen molar-refractivity contribution >= 4 is 5.95 Å². The Hall–Kier alpha value is -2.24. The summed E-state index contributed by atoms with van der Waals surface area (Å²) in [6.45, 7) is 2.71. The summed E-state index contributed by atoms with van der Waals surface area (Å²) >= 11 is 0. The molecule has 0 fully saturated rings. The Balaban J connectivity index is 2.43. The van der Waals surface area contributed by atoms with Gasteiger partial charge in [-0.3, -0.25) is 4.98 Å². The molecule has 2 heterocycles. The molecule has 0 bridgehead atoms. The van der Waals surface area contributed by atoms with Gasteiger partial charge in [0, 0.05) is 24.5 Å². The number of hydrogen-bond acceptors (Lipinski definition) is 6. The van der Waals surface area contributed by atoms with Crippen LogP contribution in [0, 0.1) is 0 Å². The smallest absolute Gasteiger partial charge is 0.321 e. The van der Waals surface area contributed by atoms with E-state index in [0.29, 0.717) is 17.8 Å². The van der Waals surface area contributed by atoms with Crippen LogP contribution in [0.1, 0.15) is 6.92 Å². The normalized spacial score (nSPS) is 10.0. The van der Waals surface area contributed by atoms with Gasteiger partial charge in [-0.1, -0.05) is 0 Å². The molecule has 0 spiro atoms. The Morgan fingerprint density at radius 2 is 1.94 bits per heavy atom. The van der Waals surface area contributed by atoms with Crippen LogP contribution < -0.4 is 10.1 Å². The first kappa shape index (κ1) is 11.3. The summed E-state index contributed by atoms with van der Waals surface area (Å²) in [7, 11) is 1.53. The van der Waals surface area contributed by atoms with Crippen molar-refractivity contribution < 1.29 is 4.74 Å². The van der Waals surface area contributed by atoms with Gasteiger partial charge in [0.25, 0.3) is 0 Å². The van der Waals surface area contributed by atoms with Crippen molar-refractivity contribution in [2.45, 2.75) is 6.92 Å². The predicted octanol–water partition coefficient (Wildman–Crippen LogP) is 1.37. The van der Waals surface area contributed by atoms with Crippen LogP contribution in [0.25, 0.3) is 11.4 Å². The second-order valence-corrected chi connectivity index (χ2v) is 3.24. The van der Waals surface area contributed by atoms with Gasteiger partial charge in [0.15, 0.2) is 5.82 Å². The predicted molar refractivity (Wildman–Crippen MR) is 63.8 cm³/mol. The second-order valence-electron chi connectivity index (χ2n) is 3.24. The first-order chi connectivity index (χ1) is 8.33. The number of anilines is 1. The van der Waals surface area contributed by atoms with E-state index in [0.717, 1.165) is 12.1 Å². The van der Waals surface area contributed by atoms with E-state index in [4.69, 9.17) is 4.74 Å². The average Bonchev–Trinajstić information content (AvgIpc) is 2.40. The van der Waals surface area contributed by atoms with E-state index in [1.165, 1.54) is 7.11 Å². The molecule has 88 valence electrons. The van der Waals surface area contributed by atoms with E-state index in [-0.39, 0.29) is 0 Å². The Kier molecular flexibility index (Phi) is 3.44. The Bertz CT molecular complexity index is 488. The van der Waals surface area contributed by atoms with Crippen molar-refractivity contribution in [2.75, 3.05) is 19.0 Å². The van der Waals surface area contributed by atoms with Gasteiger partial charge >= 0.3 is 6.01 Å². The molecule has 0 aliphatic carbocycles. The molecule has 0 aliphatic rings. The molecule has 2 aromatic rings. The van der Waals surface area contributed by atoms with E-state index in [9.17, 15) is 0 Å². The van der Waals surface area contributed by atoms with Crippen molar-refractivity contribution in [3.63, 3.8) is 0 Å². The maximum atomic E-state index is 5.05. The van der Waals surface area contributed by atoms with E-state index >= 15 is 0 Å². The van der Waals surface area contributed by atoms with E-state index in [1.54, 1.807) is 12.4 Å². The number of aromatic nitrogens is 4. The van der Waals surface area contributed by atoms with Gasteiger partial charge in [0.1, 0.15) is 0 Å². The molecule has 0 amide bonds. The molecule has 0 atom stereocenters. The molecule has 6 heteroatoms. The Morgan fingerprint density at radius 3 is 2.59 bits per heavy atom. The topological polar surface area (TPSA) is 72.8 Å². The third-order valence-corrected chi connectivity index (χ3v) is 2.07. The SMILES string of the molecule is CCNc1nc(OC)nc(-c2ccncc2)n1. The zero-order valence-electron chi connectivity index (χ0n) is 9.71. The van der Waals surface area contributed by atoms with Gasteiger partial charge in [0.05, 0.1) is 7.11 Å². The number of rotatable bonds is 4. The minimum Gasteiger partial charge on any atom is -0.467 e. The third kappa shape index (κ3) is 2.66. The summed E-state index contributed by atoms with van der Waals surface area (Å²) < 4.78 is 5.05. The zero-order chi connectivity index (χ0) is 12.1. The standard InChI is InChI=1S/C11H13N5O/c1-3-13-10-14-9(15-11(16-10)17-2)8-4-6-12-7-5-8/h4-7H,3H2,1-2H3,(H,13,14,15,16). The fourth-order valence-corrected chi connectivity index (χ4v) is 1.32. The molecule has 2 rings (SSSR count). The van der Waals surface area contributed by atoms with Crippen LogP contribution in [0.15, 0.2) is 24.5 Å². The minimum absolute atomic E-state index is 0.294. The fourth-order valence-electron chi connectivity index (χ4n) is 1.32. The summed E-state index contributed by atoms with van der Waals surface area (Å²) in [6, 6.07) is 3.97. The van der Waals surface area contributed by atoms with Crippen LogP contribution in [0.5, 0.6) is 6.01 Å². The Labute approximate surface area is 99.1 Å². The quantitative estimate of drug-likeness (QED) is 0.856. The van der Waals surface area contributed by atoms with Gasteiger partial charge in [0.2, 0.25) is 5.95 Å². The average molecular weight is 231 g/mol. The highest BCUT2D eigenvalue weighted by Crippen LogP contribution is 2.17. The lowest BCUT2D eigenvalue weighted by Gasteiger charge is -2.06.